The largest absolute Gasteiger partial charge is 0.465 e. The number of ether oxygens (including phenoxy) is 1. The van der Waals surface area contributed by atoms with E-state index in [0.717, 1.165) is 16.8 Å². The van der Waals surface area contributed by atoms with Crippen LogP contribution in [-0.4, -0.2) is 30.8 Å². The molecule has 0 aliphatic carbocycles. The summed E-state index contributed by atoms with van der Waals surface area (Å²) in [4.78, 5) is 13.9. The minimum absolute atomic E-state index is 0.135. The molecule has 0 atom stereocenters. The molecule has 0 amide bonds. The van der Waals surface area contributed by atoms with Gasteiger partial charge >= 0.3 is 5.97 Å². The average Bonchev–Trinajstić information content (AvgIpc) is 2.56. The van der Waals surface area contributed by atoms with Gasteiger partial charge in [-0.15, -0.1) is 0 Å². The first-order valence-electron chi connectivity index (χ1n) is 7.87. The first-order chi connectivity index (χ1) is 11.2. The first kappa shape index (κ1) is 17.0. The number of esters is 1. The zero-order chi connectivity index (χ0) is 16.5. The van der Waals surface area contributed by atoms with Crippen LogP contribution in [0.1, 0.15) is 18.1 Å². The zero-order valence-electron chi connectivity index (χ0n) is 13.4. The highest BCUT2D eigenvalue weighted by Crippen LogP contribution is 2.18. The Hall–Kier alpha value is -2.33. The minimum Gasteiger partial charge on any atom is -0.465 e. The number of carbonyl (C=O) groups excluding carboxylic acids is 1. The van der Waals surface area contributed by atoms with E-state index in [2.05, 4.69) is 0 Å². The topological polar surface area (TPSA) is 49.8 Å². The molecule has 1 N–H and O–H groups in total. The van der Waals surface area contributed by atoms with Crippen LogP contribution in [0.25, 0.3) is 0 Å². The number of aliphatic hydroxyl groups is 1. The molecule has 2 aromatic rings. The molecule has 0 unspecified atom stereocenters. The fourth-order valence-corrected chi connectivity index (χ4v) is 2.41. The van der Waals surface area contributed by atoms with Gasteiger partial charge in [0, 0.05) is 18.8 Å². The van der Waals surface area contributed by atoms with Crippen LogP contribution in [0.3, 0.4) is 0 Å². The SMILES string of the molecule is CCOC(=O)CN(Cc1ccccc1)c1ccc(CCO)cc1. The summed E-state index contributed by atoms with van der Waals surface area (Å²) in [6.45, 7) is 3.17. The minimum atomic E-state index is -0.233. The van der Waals surface area contributed by atoms with Crippen molar-refractivity contribution in [3.05, 3.63) is 65.7 Å². The van der Waals surface area contributed by atoms with E-state index in [1.165, 1.54) is 0 Å². The molecule has 0 aliphatic rings. The van der Waals surface area contributed by atoms with Gasteiger partial charge in [0.15, 0.2) is 0 Å². The monoisotopic (exact) mass is 313 g/mol. The molecule has 2 aromatic carbocycles. The highest BCUT2D eigenvalue weighted by atomic mass is 16.5. The van der Waals surface area contributed by atoms with Crippen molar-refractivity contribution in [2.75, 3.05) is 24.7 Å². The molecular weight excluding hydrogens is 290 g/mol. The van der Waals surface area contributed by atoms with E-state index in [1.54, 1.807) is 0 Å². The molecule has 0 spiro atoms. The normalized spacial score (nSPS) is 10.3. The van der Waals surface area contributed by atoms with Gasteiger partial charge in [0.1, 0.15) is 6.54 Å². The van der Waals surface area contributed by atoms with Crippen LogP contribution in [0.4, 0.5) is 5.69 Å². The summed E-state index contributed by atoms with van der Waals surface area (Å²) in [5.41, 5.74) is 3.17. The molecule has 4 nitrogen and oxygen atoms in total. The summed E-state index contributed by atoms with van der Waals surface area (Å²) >= 11 is 0. The fraction of sp³-hybridized carbons (Fsp3) is 0.316. The molecule has 0 aliphatic heterocycles. The van der Waals surface area contributed by atoms with Crippen molar-refractivity contribution in [2.45, 2.75) is 19.9 Å². The Balaban J connectivity index is 2.16. The third-order valence-corrected chi connectivity index (χ3v) is 3.54. The van der Waals surface area contributed by atoms with Crippen molar-refractivity contribution in [3.8, 4) is 0 Å². The highest BCUT2D eigenvalue weighted by Gasteiger charge is 2.13. The van der Waals surface area contributed by atoms with Crippen LogP contribution in [0, 0.1) is 0 Å². The second kappa shape index (κ2) is 8.96. The third-order valence-electron chi connectivity index (χ3n) is 3.54. The molecular formula is C19H23NO3. The average molecular weight is 313 g/mol. The summed E-state index contributed by atoms with van der Waals surface area (Å²) in [5.74, 6) is -0.233. The molecule has 2 rings (SSSR count). The number of benzene rings is 2. The Morgan fingerprint density at radius 2 is 1.74 bits per heavy atom. The first-order valence-corrected chi connectivity index (χ1v) is 7.87. The lowest BCUT2D eigenvalue weighted by Gasteiger charge is -2.24. The fourth-order valence-electron chi connectivity index (χ4n) is 2.41. The van der Waals surface area contributed by atoms with Crippen LogP contribution < -0.4 is 4.90 Å². The maximum absolute atomic E-state index is 11.9. The number of carbonyl (C=O) groups is 1. The number of anilines is 1. The number of hydrogen-bond donors (Lipinski definition) is 1. The van der Waals surface area contributed by atoms with Crippen molar-refractivity contribution in [2.24, 2.45) is 0 Å². The van der Waals surface area contributed by atoms with Crippen molar-refractivity contribution < 1.29 is 14.6 Å². The van der Waals surface area contributed by atoms with Crippen LogP contribution in [0.5, 0.6) is 0 Å². The third kappa shape index (κ3) is 5.42. The molecule has 0 saturated carbocycles. The Kier molecular flexibility index (Phi) is 6.63. The van der Waals surface area contributed by atoms with E-state index < -0.39 is 0 Å². The van der Waals surface area contributed by atoms with Gasteiger partial charge in [-0.3, -0.25) is 4.79 Å². The van der Waals surface area contributed by atoms with Crippen molar-refractivity contribution in [1.29, 1.82) is 0 Å². The van der Waals surface area contributed by atoms with Gasteiger partial charge in [-0.1, -0.05) is 42.5 Å². The molecule has 23 heavy (non-hydrogen) atoms. The maximum Gasteiger partial charge on any atom is 0.325 e. The van der Waals surface area contributed by atoms with E-state index >= 15 is 0 Å². The lowest BCUT2D eigenvalue weighted by molar-refractivity contribution is -0.141. The van der Waals surface area contributed by atoms with Crippen LogP contribution in [-0.2, 0) is 22.5 Å². The van der Waals surface area contributed by atoms with E-state index in [4.69, 9.17) is 9.84 Å². The van der Waals surface area contributed by atoms with Crippen molar-refractivity contribution in [1.82, 2.24) is 0 Å². The molecule has 0 heterocycles. The van der Waals surface area contributed by atoms with Gasteiger partial charge in [0.2, 0.25) is 0 Å². The van der Waals surface area contributed by atoms with E-state index in [0.29, 0.717) is 19.6 Å². The second-order valence-corrected chi connectivity index (χ2v) is 5.29. The number of nitrogens with zero attached hydrogens (tertiary/aromatic N) is 1. The van der Waals surface area contributed by atoms with Crippen molar-refractivity contribution in [3.63, 3.8) is 0 Å². The zero-order valence-corrected chi connectivity index (χ0v) is 13.4. The smallest absolute Gasteiger partial charge is 0.325 e. The summed E-state index contributed by atoms with van der Waals surface area (Å²) < 4.78 is 5.08. The molecule has 0 radical (unpaired) electrons. The summed E-state index contributed by atoms with van der Waals surface area (Å²) in [7, 11) is 0. The van der Waals surface area contributed by atoms with Gasteiger partial charge in [-0.2, -0.15) is 0 Å². The van der Waals surface area contributed by atoms with Crippen LogP contribution in [0.15, 0.2) is 54.6 Å². The lowest BCUT2D eigenvalue weighted by Crippen LogP contribution is -2.30. The highest BCUT2D eigenvalue weighted by molar-refractivity contribution is 5.75. The van der Waals surface area contributed by atoms with Gasteiger partial charge in [0.05, 0.1) is 6.61 Å². The quantitative estimate of drug-likeness (QED) is 0.761. The number of aliphatic hydroxyl groups excluding tert-OH is 1. The van der Waals surface area contributed by atoms with Crippen molar-refractivity contribution >= 4 is 11.7 Å². The Bertz CT molecular complexity index is 596. The molecule has 0 aromatic heterocycles. The number of rotatable bonds is 8. The molecule has 0 bridgehead atoms. The molecule has 0 fully saturated rings. The van der Waals surface area contributed by atoms with Gasteiger partial charge in [-0.25, -0.2) is 0 Å². The van der Waals surface area contributed by atoms with Gasteiger partial charge < -0.3 is 14.7 Å². The molecule has 122 valence electrons. The number of hydrogen-bond acceptors (Lipinski definition) is 4. The van der Waals surface area contributed by atoms with E-state index in [1.807, 2.05) is 66.4 Å². The molecule has 4 heteroatoms. The van der Waals surface area contributed by atoms with Crippen LogP contribution in [0.2, 0.25) is 0 Å². The van der Waals surface area contributed by atoms with Gasteiger partial charge in [-0.05, 0) is 36.6 Å². The summed E-state index contributed by atoms with van der Waals surface area (Å²) in [5, 5.41) is 9.00. The Morgan fingerprint density at radius 3 is 2.35 bits per heavy atom. The van der Waals surface area contributed by atoms with Crippen LogP contribution >= 0.6 is 0 Å². The standard InChI is InChI=1S/C19H23NO3/c1-2-23-19(22)15-20(14-17-6-4-3-5-7-17)18-10-8-16(9-11-18)12-13-21/h3-11,21H,2,12-15H2,1H3. The predicted molar refractivity (Wildman–Crippen MR) is 91.4 cm³/mol. The summed E-state index contributed by atoms with van der Waals surface area (Å²) in [6, 6.07) is 18.0. The predicted octanol–water partition coefficient (Wildman–Crippen LogP) is 2.79. The molecule has 0 saturated heterocycles. The summed E-state index contributed by atoms with van der Waals surface area (Å²) in [6.07, 6.45) is 0.636. The second-order valence-electron chi connectivity index (χ2n) is 5.29. The Morgan fingerprint density at radius 1 is 1.04 bits per heavy atom. The lowest BCUT2D eigenvalue weighted by atomic mass is 10.1. The van der Waals surface area contributed by atoms with Gasteiger partial charge in [0.25, 0.3) is 0 Å². The van der Waals surface area contributed by atoms with E-state index in [9.17, 15) is 4.79 Å². The Labute approximate surface area is 137 Å². The maximum atomic E-state index is 11.9. The van der Waals surface area contributed by atoms with E-state index in [-0.39, 0.29) is 19.1 Å².